The first-order valence-corrected chi connectivity index (χ1v) is 12.5. The summed E-state index contributed by atoms with van der Waals surface area (Å²) in [5, 5.41) is 3.60. The van der Waals surface area contributed by atoms with Crippen LogP contribution in [0.3, 0.4) is 0 Å². The fourth-order valence-corrected chi connectivity index (χ4v) is 6.05. The zero-order valence-corrected chi connectivity index (χ0v) is 19.6. The Hall–Kier alpha value is -3.52. The van der Waals surface area contributed by atoms with Crippen molar-refractivity contribution in [2.45, 2.75) is 23.3 Å². The summed E-state index contributed by atoms with van der Waals surface area (Å²) in [6, 6.07) is 16.5. The van der Waals surface area contributed by atoms with E-state index in [1.165, 1.54) is 24.3 Å². The van der Waals surface area contributed by atoms with Crippen molar-refractivity contribution >= 4 is 21.4 Å². The Labute approximate surface area is 198 Å². The number of benzene rings is 3. The van der Waals surface area contributed by atoms with Crippen LogP contribution in [0.1, 0.15) is 29.5 Å². The van der Waals surface area contributed by atoms with Crippen molar-refractivity contribution in [3.8, 4) is 11.5 Å². The molecule has 3 aromatic rings. The van der Waals surface area contributed by atoms with Crippen LogP contribution in [0.5, 0.6) is 11.5 Å². The van der Waals surface area contributed by atoms with E-state index in [1.54, 1.807) is 32.4 Å². The molecule has 0 spiro atoms. The number of rotatable bonds is 6. The largest absolute Gasteiger partial charge is 0.493 e. The molecule has 3 aromatic carbocycles. The van der Waals surface area contributed by atoms with Gasteiger partial charge in [0, 0.05) is 17.2 Å². The van der Waals surface area contributed by atoms with Crippen LogP contribution < -0.4 is 19.5 Å². The molecular weight excluding hydrogens is 455 g/mol. The van der Waals surface area contributed by atoms with Gasteiger partial charge in [-0.3, -0.25) is 4.72 Å². The summed E-state index contributed by atoms with van der Waals surface area (Å²) in [4.78, 5) is 0.0905. The normalized spacial score (nSPS) is 20.7. The zero-order valence-electron chi connectivity index (χ0n) is 18.8. The Bertz CT molecular complexity index is 1370. The number of methoxy groups -OCH3 is 2. The van der Waals surface area contributed by atoms with Crippen molar-refractivity contribution in [1.82, 2.24) is 0 Å². The molecular formula is C26H25FN2O4S. The summed E-state index contributed by atoms with van der Waals surface area (Å²) >= 11 is 0. The van der Waals surface area contributed by atoms with E-state index in [0.29, 0.717) is 11.5 Å². The fraction of sp³-hybridized carbons (Fsp3) is 0.231. The van der Waals surface area contributed by atoms with Gasteiger partial charge in [-0.05, 0) is 54.3 Å². The molecule has 2 unspecified atom stereocenters. The van der Waals surface area contributed by atoms with E-state index in [-0.39, 0.29) is 28.5 Å². The quantitative estimate of drug-likeness (QED) is 0.458. The van der Waals surface area contributed by atoms with Crippen LogP contribution in [0.2, 0.25) is 0 Å². The molecule has 5 rings (SSSR count). The van der Waals surface area contributed by atoms with Gasteiger partial charge in [0.1, 0.15) is 5.82 Å². The molecule has 3 atom stereocenters. The zero-order chi connectivity index (χ0) is 23.9. The second-order valence-electron chi connectivity index (χ2n) is 8.39. The lowest BCUT2D eigenvalue weighted by Crippen LogP contribution is -2.29. The van der Waals surface area contributed by atoms with Crippen molar-refractivity contribution in [2.24, 2.45) is 5.92 Å². The second-order valence-corrected chi connectivity index (χ2v) is 10.1. The van der Waals surface area contributed by atoms with Crippen LogP contribution in [-0.2, 0) is 10.0 Å². The molecule has 1 heterocycles. The molecule has 0 aromatic heterocycles. The maximum absolute atomic E-state index is 14.0. The van der Waals surface area contributed by atoms with Crippen LogP contribution in [-0.4, -0.2) is 22.6 Å². The number of para-hydroxylation sites is 2. The monoisotopic (exact) mass is 480 g/mol. The van der Waals surface area contributed by atoms with Crippen molar-refractivity contribution in [3.63, 3.8) is 0 Å². The molecule has 34 heavy (non-hydrogen) atoms. The molecule has 0 saturated heterocycles. The highest BCUT2D eigenvalue weighted by Gasteiger charge is 2.40. The fourth-order valence-electron chi connectivity index (χ4n) is 4.95. The van der Waals surface area contributed by atoms with Gasteiger partial charge in [-0.1, -0.05) is 36.4 Å². The lowest BCUT2D eigenvalue weighted by molar-refractivity contribution is 0.341. The summed E-state index contributed by atoms with van der Waals surface area (Å²) in [6.07, 6.45) is 5.10. The SMILES string of the molecule is COc1cccc([C@H]2Nc3ccc(S(=O)(=O)Nc4ccccc4F)cc3C3C=CCC32)c1OC. The second kappa shape index (κ2) is 8.68. The average molecular weight is 481 g/mol. The highest BCUT2D eigenvalue weighted by molar-refractivity contribution is 7.92. The topological polar surface area (TPSA) is 76.7 Å². The van der Waals surface area contributed by atoms with E-state index < -0.39 is 15.8 Å². The predicted octanol–water partition coefficient (Wildman–Crippen LogP) is 5.47. The number of nitrogens with one attached hydrogen (secondary N) is 2. The third-order valence-corrected chi connectivity index (χ3v) is 7.89. The average Bonchev–Trinajstić information content (AvgIpc) is 3.34. The Balaban J connectivity index is 1.52. The van der Waals surface area contributed by atoms with Crippen LogP contribution in [0.4, 0.5) is 15.8 Å². The van der Waals surface area contributed by atoms with E-state index >= 15 is 0 Å². The third kappa shape index (κ3) is 3.77. The van der Waals surface area contributed by atoms with Gasteiger partial charge in [-0.25, -0.2) is 12.8 Å². The molecule has 0 fully saturated rings. The maximum Gasteiger partial charge on any atom is 0.261 e. The lowest BCUT2D eigenvalue weighted by atomic mass is 9.77. The number of fused-ring (bicyclic) bond motifs is 3. The molecule has 0 saturated carbocycles. The summed E-state index contributed by atoms with van der Waals surface area (Å²) in [7, 11) is -0.721. The lowest BCUT2D eigenvalue weighted by Gasteiger charge is -2.38. The van der Waals surface area contributed by atoms with E-state index in [0.717, 1.165) is 23.2 Å². The first-order valence-electron chi connectivity index (χ1n) is 11.0. The number of halogens is 1. The van der Waals surface area contributed by atoms with Gasteiger partial charge in [0.05, 0.1) is 30.8 Å². The third-order valence-electron chi connectivity index (χ3n) is 6.53. The maximum atomic E-state index is 14.0. The number of anilines is 2. The van der Waals surface area contributed by atoms with E-state index in [9.17, 15) is 12.8 Å². The van der Waals surface area contributed by atoms with Crippen LogP contribution in [0.25, 0.3) is 0 Å². The Kier molecular flexibility index (Phi) is 5.69. The van der Waals surface area contributed by atoms with Gasteiger partial charge in [0.25, 0.3) is 10.0 Å². The number of sulfonamides is 1. The Morgan fingerprint density at radius 2 is 1.82 bits per heavy atom. The highest BCUT2D eigenvalue weighted by atomic mass is 32.2. The molecule has 0 bridgehead atoms. The molecule has 0 radical (unpaired) electrons. The molecule has 0 amide bonds. The van der Waals surface area contributed by atoms with Crippen LogP contribution in [0.15, 0.2) is 77.7 Å². The van der Waals surface area contributed by atoms with E-state index in [4.69, 9.17) is 9.47 Å². The van der Waals surface area contributed by atoms with Crippen molar-refractivity contribution in [1.29, 1.82) is 0 Å². The number of hydrogen-bond acceptors (Lipinski definition) is 5. The smallest absolute Gasteiger partial charge is 0.261 e. The van der Waals surface area contributed by atoms with Crippen molar-refractivity contribution in [2.75, 3.05) is 24.3 Å². The first kappa shape index (κ1) is 22.3. The van der Waals surface area contributed by atoms with Gasteiger partial charge in [-0.2, -0.15) is 0 Å². The molecule has 1 aliphatic heterocycles. The minimum absolute atomic E-state index is 0.0285. The Morgan fingerprint density at radius 3 is 2.59 bits per heavy atom. The van der Waals surface area contributed by atoms with Gasteiger partial charge in [0.2, 0.25) is 0 Å². The first-order chi connectivity index (χ1) is 16.4. The van der Waals surface area contributed by atoms with Crippen LogP contribution >= 0.6 is 0 Å². The molecule has 176 valence electrons. The molecule has 2 aliphatic rings. The van der Waals surface area contributed by atoms with Gasteiger partial charge >= 0.3 is 0 Å². The van der Waals surface area contributed by atoms with Gasteiger partial charge in [0.15, 0.2) is 11.5 Å². The number of hydrogen-bond donors (Lipinski definition) is 2. The number of ether oxygens (including phenoxy) is 2. The molecule has 8 heteroatoms. The molecule has 1 aliphatic carbocycles. The van der Waals surface area contributed by atoms with E-state index in [1.807, 2.05) is 18.2 Å². The standard InChI is InChI=1S/C26H25FN2O4S/c1-32-24-12-6-9-19(26(24)33-2)25-18-8-5-7-17(18)20-15-16(13-14-22(20)28-25)34(30,31)29-23-11-4-3-10-21(23)27/h3-7,9-15,17-18,25,28-29H,8H2,1-2H3/t17?,18?,25-/m0/s1. The summed E-state index contributed by atoms with van der Waals surface area (Å²) in [6.45, 7) is 0. The van der Waals surface area contributed by atoms with Crippen molar-refractivity contribution < 1.29 is 22.3 Å². The summed E-state index contributed by atoms with van der Waals surface area (Å²) in [5.74, 6) is 0.923. The molecule has 2 N–H and O–H groups in total. The summed E-state index contributed by atoms with van der Waals surface area (Å²) < 4.78 is 53.6. The number of allylic oxidation sites excluding steroid dienone is 2. The highest BCUT2D eigenvalue weighted by Crippen LogP contribution is 2.52. The molecule has 6 nitrogen and oxygen atoms in total. The van der Waals surface area contributed by atoms with Gasteiger partial charge < -0.3 is 14.8 Å². The minimum Gasteiger partial charge on any atom is -0.493 e. The summed E-state index contributed by atoms with van der Waals surface area (Å²) in [5.41, 5.74) is 2.66. The van der Waals surface area contributed by atoms with E-state index in [2.05, 4.69) is 22.2 Å². The minimum atomic E-state index is -3.96. The van der Waals surface area contributed by atoms with Crippen molar-refractivity contribution in [3.05, 3.63) is 89.8 Å². The van der Waals surface area contributed by atoms with Gasteiger partial charge in [-0.15, -0.1) is 0 Å². The Morgan fingerprint density at radius 1 is 1.00 bits per heavy atom. The predicted molar refractivity (Wildman–Crippen MR) is 130 cm³/mol. The van der Waals surface area contributed by atoms with Crippen LogP contribution in [0, 0.1) is 11.7 Å².